The monoisotopic (exact) mass is 964 g/mol. The van der Waals surface area contributed by atoms with E-state index in [1.54, 1.807) is 18.2 Å². The molecule has 0 amide bonds. The fourth-order valence-electron chi connectivity index (χ4n) is 11.4. The first-order valence-electron chi connectivity index (χ1n) is 24.5. The summed E-state index contributed by atoms with van der Waals surface area (Å²) in [6, 6.07) is 72.5. The van der Waals surface area contributed by atoms with Crippen molar-refractivity contribution in [1.82, 2.24) is 4.57 Å². The third-order valence-corrected chi connectivity index (χ3v) is 14.9. The van der Waals surface area contributed by atoms with Crippen molar-refractivity contribution < 1.29 is 8.78 Å². The summed E-state index contributed by atoms with van der Waals surface area (Å²) in [5, 5.41) is 13.8. The Bertz CT molecular complexity index is 4020. The second-order valence-electron chi connectivity index (χ2n) is 20.0. The van der Waals surface area contributed by atoms with Gasteiger partial charge in [0.15, 0.2) is 0 Å². The minimum absolute atomic E-state index is 0.247. The molecule has 0 unspecified atom stereocenters. The number of aromatic nitrogens is 1. The molecule has 1 aromatic heterocycles. The van der Waals surface area contributed by atoms with Crippen molar-refractivity contribution in [2.45, 2.75) is 26.2 Å². The Kier molecular flexibility index (Phi) is 10.3. The number of nitrogens with zero attached hydrogens (tertiary/aromatic N) is 4. The molecule has 2 aliphatic heterocycles. The van der Waals surface area contributed by atoms with E-state index in [9.17, 15) is 5.26 Å². The average molecular weight is 965 g/mol. The molecule has 0 saturated heterocycles. The first kappa shape index (κ1) is 44.3. The van der Waals surface area contributed by atoms with Crippen molar-refractivity contribution in [2.75, 3.05) is 9.80 Å². The molecule has 0 radical (unpaired) electrons. The predicted molar refractivity (Wildman–Crippen MR) is 299 cm³/mol. The third-order valence-electron chi connectivity index (χ3n) is 14.7. The van der Waals surface area contributed by atoms with Gasteiger partial charge in [0.2, 0.25) is 0 Å². The molecule has 4 nitrogen and oxygen atoms in total. The van der Waals surface area contributed by atoms with Crippen LogP contribution in [0.4, 0.5) is 42.9 Å². The van der Waals surface area contributed by atoms with Crippen LogP contribution < -0.4 is 26.2 Å². The summed E-state index contributed by atoms with van der Waals surface area (Å²) in [6.07, 6.45) is 0. The van der Waals surface area contributed by atoms with Crippen LogP contribution in [0.2, 0.25) is 5.02 Å². The van der Waals surface area contributed by atoms with Crippen molar-refractivity contribution in [3.63, 3.8) is 0 Å². The van der Waals surface area contributed by atoms with E-state index in [1.165, 1.54) is 6.07 Å². The number of hydrogen-bond donors (Lipinski definition) is 0. The van der Waals surface area contributed by atoms with Crippen molar-refractivity contribution in [2.24, 2.45) is 0 Å². The molecule has 0 aliphatic carbocycles. The quantitative estimate of drug-likeness (QED) is 0.156. The maximum atomic E-state index is 17.4. The summed E-state index contributed by atoms with van der Waals surface area (Å²) in [6.45, 7) is 6.14. The Morgan fingerprint density at radius 3 is 1.71 bits per heavy atom. The Labute approximate surface area is 428 Å². The molecule has 73 heavy (non-hydrogen) atoms. The molecule has 0 bridgehead atoms. The summed E-state index contributed by atoms with van der Waals surface area (Å²) in [4.78, 5) is 4.09. The van der Waals surface area contributed by atoms with Crippen LogP contribution in [-0.2, 0) is 5.41 Å². The number of para-hydroxylation sites is 1. The standard InChI is InChI=1S/C65H44BClF2N4/c1-65(2,3)45-32-51(41-17-9-5-10-18-41)64(52(33-45)42-19-11-6-12-20-42)73-60-35-47(68)26-29-55(60)66-54-28-25-46(67)34-59(54)72(61-36-48(69)37-62(73)63(61)66)58-38-49(27-23-44(58)39-70)71-56-22-14-13-21-50(56)53-31-43(24-30-57(53)71)40-15-7-4-8-16-40/h4-38H,1-3H3. The lowest BCUT2D eigenvalue weighted by atomic mass is 9.33. The van der Waals surface area contributed by atoms with Gasteiger partial charge in [-0.2, -0.15) is 5.26 Å². The van der Waals surface area contributed by atoms with Crippen LogP contribution in [0.1, 0.15) is 31.9 Å². The Balaban J connectivity index is 1.10. The summed E-state index contributed by atoms with van der Waals surface area (Å²) >= 11 is 6.99. The summed E-state index contributed by atoms with van der Waals surface area (Å²) in [5.41, 5.74) is 16.4. The normalized spacial score (nSPS) is 12.7. The molecule has 3 heterocycles. The van der Waals surface area contributed by atoms with E-state index < -0.39 is 18.3 Å². The minimum atomic E-state index is -0.493. The second-order valence-corrected chi connectivity index (χ2v) is 20.5. The SMILES string of the molecule is CC(C)(C)c1cc(-c2ccccc2)c(N2c3cc(F)ccc3B3c4ccc(Cl)cc4N(c4cc(-n5c6ccccc6c6cc(-c7ccccc7)ccc65)ccc4C#N)c4cc(F)cc2c43)c(-c2ccccc2)c1. The largest absolute Gasteiger partial charge is 0.310 e. The van der Waals surface area contributed by atoms with Crippen LogP contribution in [0.25, 0.3) is 60.9 Å². The fraction of sp³-hybridized carbons (Fsp3) is 0.0615. The number of halogens is 3. The number of anilines is 6. The van der Waals surface area contributed by atoms with Gasteiger partial charge in [-0.05, 0) is 135 Å². The predicted octanol–water partition coefficient (Wildman–Crippen LogP) is 16.0. The van der Waals surface area contributed by atoms with E-state index >= 15 is 8.78 Å². The van der Waals surface area contributed by atoms with Gasteiger partial charge >= 0.3 is 0 Å². The zero-order valence-corrected chi connectivity index (χ0v) is 41.0. The highest BCUT2D eigenvalue weighted by Crippen LogP contribution is 2.52. The molecule has 8 heteroatoms. The smallest absolute Gasteiger partial charge is 0.252 e. The summed E-state index contributed by atoms with van der Waals surface area (Å²) < 4.78 is 35.9. The number of hydrogen-bond acceptors (Lipinski definition) is 3. The number of nitriles is 1. The van der Waals surface area contributed by atoms with Gasteiger partial charge in [-0.3, -0.25) is 0 Å². The van der Waals surface area contributed by atoms with E-state index in [-0.39, 0.29) is 5.41 Å². The van der Waals surface area contributed by atoms with E-state index in [1.807, 2.05) is 95.9 Å². The zero-order chi connectivity index (χ0) is 49.7. The van der Waals surface area contributed by atoms with Gasteiger partial charge in [-0.25, -0.2) is 8.78 Å². The van der Waals surface area contributed by atoms with E-state index in [2.05, 4.69) is 133 Å². The van der Waals surface area contributed by atoms with Crippen molar-refractivity contribution in [1.29, 1.82) is 5.26 Å². The first-order valence-corrected chi connectivity index (χ1v) is 24.9. The molecular weight excluding hydrogens is 921 g/mol. The molecule has 2 aliphatic rings. The van der Waals surface area contributed by atoms with Crippen LogP contribution in [0.15, 0.2) is 212 Å². The number of rotatable bonds is 6. The van der Waals surface area contributed by atoms with Gasteiger partial charge in [0, 0.05) is 55.4 Å². The Hall–Kier alpha value is -8.70. The van der Waals surface area contributed by atoms with E-state index in [0.717, 1.165) is 88.5 Å². The highest BCUT2D eigenvalue weighted by molar-refractivity contribution is 7.00. The Morgan fingerprint density at radius 2 is 1.05 bits per heavy atom. The van der Waals surface area contributed by atoms with E-state index in [0.29, 0.717) is 39.0 Å². The lowest BCUT2D eigenvalue weighted by Gasteiger charge is -2.45. The van der Waals surface area contributed by atoms with Crippen LogP contribution >= 0.6 is 11.6 Å². The van der Waals surface area contributed by atoms with Crippen molar-refractivity contribution in [3.05, 3.63) is 240 Å². The van der Waals surface area contributed by atoms with Gasteiger partial charge < -0.3 is 14.4 Å². The molecule has 348 valence electrons. The van der Waals surface area contributed by atoms with Crippen molar-refractivity contribution >= 4 is 90.6 Å². The van der Waals surface area contributed by atoms with Crippen LogP contribution in [-0.4, -0.2) is 11.3 Å². The average Bonchev–Trinajstić information content (AvgIpc) is 3.74. The molecule has 0 N–H and O–H groups in total. The topological polar surface area (TPSA) is 35.2 Å². The lowest BCUT2D eigenvalue weighted by Crippen LogP contribution is -2.61. The summed E-state index contributed by atoms with van der Waals surface area (Å²) in [7, 11) is 0. The molecule has 10 aromatic carbocycles. The van der Waals surface area contributed by atoms with Gasteiger partial charge in [-0.15, -0.1) is 0 Å². The maximum Gasteiger partial charge on any atom is 0.252 e. The van der Waals surface area contributed by atoms with Gasteiger partial charge in [0.05, 0.1) is 28.0 Å². The van der Waals surface area contributed by atoms with Crippen LogP contribution in [0, 0.1) is 23.0 Å². The second kappa shape index (κ2) is 17.0. The molecule has 0 spiro atoms. The molecular formula is C65H44BClF2N4. The molecule has 13 rings (SSSR count). The number of benzene rings is 10. The minimum Gasteiger partial charge on any atom is -0.310 e. The molecule has 0 atom stereocenters. The Morgan fingerprint density at radius 1 is 0.479 bits per heavy atom. The van der Waals surface area contributed by atoms with E-state index in [4.69, 9.17) is 11.6 Å². The summed E-state index contributed by atoms with van der Waals surface area (Å²) in [5.74, 6) is -0.906. The van der Waals surface area contributed by atoms with Gasteiger partial charge in [-0.1, -0.05) is 160 Å². The van der Waals surface area contributed by atoms with Gasteiger partial charge in [0.1, 0.15) is 17.7 Å². The highest BCUT2D eigenvalue weighted by Gasteiger charge is 2.45. The number of fused-ring (bicyclic) bond motifs is 7. The molecule has 0 saturated carbocycles. The first-order chi connectivity index (χ1) is 35.5. The zero-order valence-electron chi connectivity index (χ0n) is 40.2. The third kappa shape index (κ3) is 7.16. The van der Waals surface area contributed by atoms with Gasteiger partial charge in [0.25, 0.3) is 6.71 Å². The highest BCUT2D eigenvalue weighted by atomic mass is 35.5. The maximum absolute atomic E-state index is 17.4. The fourth-order valence-corrected chi connectivity index (χ4v) is 11.6. The molecule has 0 fully saturated rings. The van der Waals surface area contributed by atoms with Crippen molar-refractivity contribution in [3.8, 4) is 45.1 Å². The van der Waals surface area contributed by atoms with Crippen LogP contribution in [0.5, 0.6) is 0 Å². The molecule has 11 aromatic rings. The van der Waals surface area contributed by atoms with Crippen LogP contribution in [0.3, 0.4) is 0 Å². The lowest BCUT2D eigenvalue weighted by molar-refractivity contribution is 0.591.